The predicted molar refractivity (Wildman–Crippen MR) is 112 cm³/mol. The number of amides is 1. The predicted octanol–water partition coefficient (Wildman–Crippen LogP) is 3.31. The van der Waals surface area contributed by atoms with Crippen molar-refractivity contribution in [3.8, 4) is 0 Å². The van der Waals surface area contributed by atoms with Gasteiger partial charge in [0.2, 0.25) is 10.0 Å². The van der Waals surface area contributed by atoms with Crippen molar-refractivity contribution in [2.24, 2.45) is 0 Å². The van der Waals surface area contributed by atoms with Crippen molar-refractivity contribution < 1.29 is 13.2 Å². The minimum atomic E-state index is -3.68. The summed E-state index contributed by atoms with van der Waals surface area (Å²) in [7, 11) is -3.68. The average molecular weight is 400 g/mol. The zero-order valence-corrected chi connectivity index (χ0v) is 16.8. The van der Waals surface area contributed by atoms with E-state index < -0.39 is 10.0 Å². The molecule has 28 heavy (non-hydrogen) atoms. The molecule has 0 unspecified atom stereocenters. The highest BCUT2D eigenvalue weighted by Gasteiger charge is 2.17. The summed E-state index contributed by atoms with van der Waals surface area (Å²) in [5.41, 5.74) is 3.26. The summed E-state index contributed by atoms with van der Waals surface area (Å²) in [6.07, 6.45) is 3.87. The fraction of sp³-hybridized carbons (Fsp3) is 0.286. The lowest BCUT2D eigenvalue weighted by Gasteiger charge is -2.20. The van der Waals surface area contributed by atoms with Crippen molar-refractivity contribution in [3.63, 3.8) is 0 Å². The zero-order valence-electron chi connectivity index (χ0n) is 15.9. The lowest BCUT2D eigenvalue weighted by atomic mass is 10.1. The highest BCUT2D eigenvalue weighted by molar-refractivity contribution is 7.89. The Bertz CT molecular complexity index is 980. The van der Waals surface area contributed by atoms with Crippen molar-refractivity contribution in [1.82, 2.24) is 4.72 Å². The van der Waals surface area contributed by atoms with Crippen LogP contribution >= 0.6 is 0 Å². The molecule has 1 aliphatic heterocycles. The first-order chi connectivity index (χ1) is 13.4. The molecule has 0 aliphatic carbocycles. The minimum Gasteiger partial charge on any atom is -0.371 e. The van der Waals surface area contributed by atoms with E-state index in [2.05, 4.69) is 21.5 Å². The number of sulfonamides is 1. The Morgan fingerprint density at radius 2 is 1.93 bits per heavy atom. The lowest BCUT2D eigenvalue weighted by Crippen LogP contribution is -2.24. The second-order valence-corrected chi connectivity index (χ2v) is 8.58. The number of aryl methyl sites for hydroxylation is 1. The molecule has 1 fully saturated rings. The van der Waals surface area contributed by atoms with Crippen LogP contribution in [0.1, 0.15) is 28.8 Å². The van der Waals surface area contributed by atoms with Crippen LogP contribution in [0.4, 0.5) is 11.4 Å². The molecular weight excluding hydrogens is 374 g/mol. The third-order valence-corrected chi connectivity index (χ3v) is 6.15. The van der Waals surface area contributed by atoms with E-state index in [1.165, 1.54) is 36.7 Å². The van der Waals surface area contributed by atoms with Crippen LogP contribution in [0, 0.1) is 6.92 Å². The fourth-order valence-electron chi connectivity index (χ4n) is 3.31. The van der Waals surface area contributed by atoms with Crippen LogP contribution in [-0.4, -0.2) is 34.0 Å². The summed E-state index contributed by atoms with van der Waals surface area (Å²) in [4.78, 5) is 15.0. The molecule has 7 heteroatoms. The van der Waals surface area contributed by atoms with E-state index in [1.54, 1.807) is 12.1 Å². The summed E-state index contributed by atoms with van der Waals surface area (Å²) >= 11 is 0. The molecule has 0 radical (unpaired) electrons. The Labute approximate surface area is 166 Å². The van der Waals surface area contributed by atoms with Crippen LogP contribution in [0.15, 0.2) is 60.0 Å². The Morgan fingerprint density at radius 1 is 1.18 bits per heavy atom. The number of carbonyl (C=O) groups excluding carboxylic acids is 1. The Hall–Kier alpha value is -2.64. The van der Waals surface area contributed by atoms with E-state index in [9.17, 15) is 13.2 Å². The molecule has 2 aromatic carbocycles. The number of hydrogen-bond acceptors (Lipinski definition) is 4. The first-order valence-corrected chi connectivity index (χ1v) is 10.8. The van der Waals surface area contributed by atoms with Gasteiger partial charge in [-0.3, -0.25) is 4.79 Å². The molecule has 0 aromatic heterocycles. The molecule has 1 aliphatic rings. The number of nitrogens with one attached hydrogen (secondary N) is 2. The third kappa shape index (κ3) is 4.61. The Morgan fingerprint density at radius 3 is 2.61 bits per heavy atom. The van der Waals surface area contributed by atoms with Crippen LogP contribution in [0.25, 0.3) is 0 Å². The molecule has 148 valence electrons. The molecule has 0 saturated carbocycles. The number of benzene rings is 2. The van der Waals surface area contributed by atoms with E-state index >= 15 is 0 Å². The van der Waals surface area contributed by atoms with Gasteiger partial charge in [-0.15, -0.1) is 6.58 Å². The number of hydrogen-bond donors (Lipinski definition) is 2. The zero-order chi connectivity index (χ0) is 20.1. The third-order valence-electron chi connectivity index (χ3n) is 4.73. The van der Waals surface area contributed by atoms with Gasteiger partial charge in [0.15, 0.2) is 0 Å². The molecule has 1 heterocycles. The van der Waals surface area contributed by atoms with Crippen LogP contribution in [0.3, 0.4) is 0 Å². The summed E-state index contributed by atoms with van der Waals surface area (Å²) in [5.74, 6) is -0.353. The SMILES string of the molecule is C=CCNS(=O)(=O)c1cccc(C(=O)Nc2ccc(N3CCCC3)c(C)c2)c1. The molecule has 1 saturated heterocycles. The summed E-state index contributed by atoms with van der Waals surface area (Å²) in [5, 5.41) is 2.85. The molecule has 0 atom stereocenters. The van der Waals surface area contributed by atoms with E-state index in [0.717, 1.165) is 18.7 Å². The summed E-state index contributed by atoms with van der Waals surface area (Å²) in [6.45, 7) is 7.78. The van der Waals surface area contributed by atoms with Gasteiger partial charge in [0, 0.05) is 36.6 Å². The minimum absolute atomic E-state index is 0.0440. The highest BCUT2D eigenvalue weighted by atomic mass is 32.2. The quantitative estimate of drug-likeness (QED) is 0.700. The van der Waals surface area contributed by atoms with Crippen molar-refractivity contribution in [2.45, 2.75) is 24.7 Å². The standard InChI is InChI=1S/C21H25N3O3S/c1-3-11-22-28(26,27)19-8-6-7-17(15-19)21(25)23-18-9-10-20(16(2)14-18)24-12-4-5-13-24/h3,6-10,14-15,22H,1,4-5,11-13H2,2H3,(H,23,25). The van der Waals surface area contributed by atoms with Gasteiger partial charge in [-0.1, -0.05) is 12.1 Å². The largest absolute Gasteiger partial charge is 0.371 e. The number of rotatable bonds is 7. The van der Waals surface area contributed by atoms with E-state index in [0.29, 0.717) is 5.69 Å². The van der Waals surface area contributed by atoms with Crippen molar-refractivity contribution >= 4 is 27.3 Å². The van der Waals surface area contributed by atoms with Gasteiger partial charge < -0.3 is 10.2 Å². The maximum atomic E-state index is 12.6. The maximum absolute atomic E-state index is 12.6. The first kappa shape index (κ1) is 20.1. The summed E-state index contributed by atoms with van der Waals surface area (Å²) < 4.78 is 26.9. The average Bonchev–Trinajstić information content (AvgIpc) is 3.21. The molecular formula is C21H25N3O3S. The molecule has 6 nitrogen and oxygen atoms in total. The fourth-order valence-corrected chi connectivity index (χ4v) is 4.35. The van der Waals surface area contributed by atoms with E-state index in [1.807, 2.05) is 25.1 Å². The van der Waals surface area contributed by atoms with Gasteiger partial charge in [-0.25, -0.2) is 13.1 Å². The Balaban J connectivity index is 1.75. The van der Waals surface area contributed by atoms with Gasteiger partial charge in [0.1, 0.15) is 0 Å². The summed E-state index contributed by atoms with van der Waals surface area (Å²) in [6, 6.07) is 11.8. The van der Waals surface area contributed by atoms with Crippen molar-refractivity contribution in [2.75, 3.05) is 29.9 Å². The molecule has 2 aromatic rings. The van der Waals surface area contributed by atoms with E-state index in [-0.39, 0.29) is 22.9 Å². The molecule has 2 N–H and O–H groups in total. The normalized spacial score (nSPS) is 14.1. The van der Waals surface area contributed by atoms with Crippen molar-refractivity contribution in [1.29, 1.82) is 0 Å². The van der Waals surface area contributed by atoms with Gasteiger partial charge in [-0.05, 0) is 61.7 Å². The van der Waals surface area contributed by atoms with Crippen LogP contribution in [0.2, 0.25) is 0 Å². The smallest absolute Gasteiger partial charge is 0.255 e. The van der Waals surface area contributed by atoms with Crippen molar-refractivity contribution in [3.05, 3.63) is 66.2 Å². The number of carbonyl (C=O) groups is 1. The van der Waals surface area contributed by atoms with Gasteiger partial charge >= 0.3 is 0 Å². The topological polar surface area (TPSA) is 78.5 Å². The molecule has 0 spiro atoms. The second kappa shape index (κ2) is 8.58. The lowest BCUT2D eigenvalue weighted by molar-refractivity contribution is 0.102. The number of anilines is 2. The monoisotopic (exact) mass is 399 g/mol. The second-order valence-electron chi connectivity index (χ2n) is 6.82. The van der Waals surface area contributed by atoms with Gasteiger partial charge in [-0.2, -0.15) is 0 Å². The highest BCUT2D eigenvalue weighted by Crippen LogP contribution is 2.27. The first-order valence-electron chi connectivity index (χ1n) is 9.28. The molecule has 0 bridgehead atoms. The number of nitrogens with zero attached hydrogens (tertiary/aromatic N) is 1. The van der Waals surface area contributed by atoms with Crippen LogP contribution < -0.4 is 14.9 Å². The van der Waals surface area contributed by atoms with Crippen LogP contribution in [0.5, 0.6) is 0 Å². The van der Waals surface area contributed by atoms with E-state index in [4.69, 9.17) is 0 Å². The molecule has 3 rings (SSSR count). The van der Waals surface area contributed by atoms with Crippen LogP contribution in [-0.2, 0) is 10.0 Å². The molecule has 1 amide bonds. The maximum Gasteiger partial charge on any atom is 0.255 e. The van der Waals surface area contributed by atoms with Gasteiger partial charge in [0.05, 0.1) is 4.90 Å². The van der Waals surface area contributed by atoms with Gasteiger partial charge in [0.25, 0.3) is 5.91 Å². The Kier molecular flexibility index (Phi) is 6.16.